The predicted molar refractivity (Wildman–Crippen MR) is 65.9 cm³/mol. The van der Waals surface area contributed by atoms with Gasteiger partial charge in [0.1, 0.15) is 0 Å². The number of hydrogen-bond donors (Lipinski definition) is 1. The molecule has 2 atom stereocenters. The van der Waals surface area contributed by atoms with Crippen LogP contribution in [0, 0.1) is 23.7 Å². The molecule has 2 aliphatic carbocycles. The van der Waals surface area contributed by atoms with Gasteiger partial charge in [0.2, 0.25) is 5.91 Å². The third kappa shape index (κ3) is 2.02. The largest absolute Gasteiger partial charge is 0.481 e. The van der Waals surface area contributed by atoms with Crippen LogP contribution in [0.5, 0.6) is 0 Å². The highest BCUT2D eigenvalue weighted by Gasteiger charge is 2.55. The molecule has 4 heteroatoms. The van der Waals surface area contributed by atoms with E-state index in [4.69, 9.17) is 5.11 Å². The highest BCUT2D eigenvalue weighted by Crippen LogP contribution is 2.56. The average Bonchev–Trinajstić information content (AvgIpc) is 3.12. The number of nitrogens with zero attached hydrogens (tertiary/aromatic N) is 1. The minimum Gasteiger partial charge on any atom is -0.481 e. The van der Waals surface area contributed by atoms with Gasteiger partial charge in [0, 0.05) is 19.0 Å². The number of piperidine rings is 1. The van der Waals surface area contributed by atoms with E-state index in [0.717, 1.165) is 0 Å². The van der Waals surface area contributed by atoms with E-state index in [0.29, 0.717) is 43.7 Å². The fraction of sp³-hybridized carbons (Fsp3) is 0.857. The first-order chi connectivity index (χ1) is 8.68. The van der Waals surface area contributed by atoms with Crippen LogP contribution in [0.3, 0.4) is 0 Å². The van der Waals surface area contributed by atoms with Crippen LogP contribution in [0.2, 0.25) is 0 Å². The fourth-order valence-electron chi connectivity index (χ4n) is 3.92. The van der Waals surface area contributed by atoms with Crippen molar-refractivity contribution in [1.82, 2.24) is 4.90 Å². The smallest absolute Gasteiger partial charge is 0.306 e. The molecule has 4 nitrogen and oxygen atoms in total. The van der Waals surface area contributed by atoms with Crippen LogP contribution in [0.15, 0.2) is 0 Å². The van der Waals surface area contributed by atoms with Gasteiger partial charge in [-0.05, 0) is 37.5 Å². The molecule has 3 rings (SSSR count). The number of rotatable bonds is 2. The molecular formula is C14H21NO3. The molecule has 1 saturated heterocycles. The van der Waals surface area contributed by atoms with E-state index in [2.05, 4.69) is 0 Å². The first-order valence-corrected chi connectivity index (χ1v) is 7.20. The number of likely N-dealkylation sites (tertiary alicyclic amines) is 1. The van der Waals surface area contributed by atoms with Crippen molar-refractivity contribution in [3.63, 3.8) is 0 Å². The second-order valence-corrected chi connectivity index (χ2v) is 6.08. The standard InChI is InChI=1S/C14H21NO3/c16-13(12-10-3-1-2-4-11(10)12)15-7-5-9(6-8-15)14(17)18/h9-12H,1-8H2,(H,17,18)/t10-,11-/m0/s1. The monoisotopic (exact) mass is 251 g/mol. The second kappa shape index (κ2) is 4.56. The number of carboxylic acids is 1. The van der Waals surface area contributed by atoms with E-state index < -0.39 is 5.97 Å². The molecule has 0 aromatic rings. The van der Waals surface area contributed by atoms with Gasteiger partial charge in [-0.1, -0.05) is 12.8 Å². The SMILES string of the molecule is O=C(O)C1CCN(C(=O)C2[C@H]3CCCC[C@H]23)CC1. The van der Waals surface area contributed by atoms with E-state index >= 15 is 0 Å². The van der Waals surface area contributed by atoms with Gasteiger partial charge in [0.25, 0.3) is 0 Å². The van der Waals surface area contributed by atoms with Crippen molar-refractivity contribution >= 4 is 11.9 Å². The molecule has 0 aromatic heterocycles. The Labute approximate surface area is 107 Å². The zero-order valence-electron chi connectivity index (χ0n) is 10.7. The first kappa shape index (κ1) is 12.0. The summed E-state index contributed by atoms with van der Waals surface area (Å²) in [6.07, 6.45) is 6.28. The molecule has 3 aliphatic rings. The molecule has 18 heavy (non-hydrogen) atoms. The summed E-state index contributed by atoms with van der Waals surface area (Å²) in [5, 5.41) is 8.95. The quantitative estimate of drug-likeness (QED) is 0.813. The Morgan fingerprint density at radius 2 is 1.50 bits per heavy atom. The van der Waals surface area contributed by atoms with E-state index in [1.807, 2.05) is 4.90 Å². The van der Waals surface area contributed by atoms with E-state index in [1.54, 1.807) is 0 Å². The summed E-state index contributed by atoms with van der Waals surface area (Å²) in [5.41, 5.74) is 0. The van der Waals surface area contributed by atoms with Crippen molar-refractivity contribution in [3.05, 3.63) is 0 Å². The van der Waals surface area contributed by atoms with Gasteiger partial charge in [-0.25, -0.2) is 0 Å². The number of hydrogen-bond acceptors (Lipinski definition) is 2. The topological polar surface area (TPSA) is 57.6 Å². The number of fused-ring (bicyclic) bond motifs is 1. The molecule has 2 saturated carbocycles. The maximum absolute atomic E-state index is 12.4. The molecule has 3 fully saturated rings. The number of aliphatic carboxylic acids is 1. The van der Waals surface area contributed by atoms with Crippen molar-refractivity contribution in [1.29, 1.82) is 0 Å². The second-order valence-electron chi connectivity index (χ2n) is 6.08. The molecule has 100 valence electrons. The molecule has 0 radical (unpaired) electrons. The highest BCUT2D eigenvalue weighted by atomic mass is 16.4. The van der Waals surface area contributed by atoms with E-state index in [9.17, 15) is 9.59 Å². The van der Waals surface area contributed by atoms with Crippen molar-refractivity contribution in [2.45, 2.75) is 38.5 Å². The van der Waals surface area contributed by atoms with Gasteiger partial charge >= 0.3 is 5.97 Å². The first-order valence-electron chi connectivity index (χ1n) is 7.20. The van der Waals surface area contributed by atoms with E-state index in [-0.39, 0.29) is 11.8 Å². The Kier molecular flexibility index (Phi) is 3.04. The Morgan fingerprint density at radius 3 is 2.00 bits per heavy atom. The van der Waals surface area contributed by atoms with Gasteiger partial charge in [0.15, 0.2) is 0 Å². The van der Waals surface area contributed by atoms with Crippen molar-refractivity contribution in [2.75, 3.05) is 13.1 Å². The minimum absolute atomic E-state index is 0.240. The summed E-state index contributed by atoms with van der Waals surface area (Å²) in [5.74, 6) is 0.967. The highest BCUT2D eigenvalue weighted by molar-refractivity contribution is 5.82. The molecular weight excluding hydrogens is 230 g/mol. The molecule has 1 amide bonds. The molecule has 0 aromatic carbocycles. The van der Waals surface area contributed by atoms with Gasteiger partial charge in [-0.3, -0.25) is 9.59 Å². The summed E-state index contributed by atoms with van der Waals surface area (Å²) in [7, 11) is 0. The van der Waals surface area contributed by atoms with Gasteiger partial charge in [-0.2, -0.15) is 0 Å². The number of carbonyl (C=O) groups excluding carboxylic acids is 1. The van der Waals surface area contributed by atoms with Gasteiger partial charge < -0.3 is 10.0 Å². The summed E-state index contributed by atoms with van der Waals surface area (Å²) in [6.45, 7) is 1.29. The van der Waals surface area contributed by atoms with Crippen LogP contribution in [0.1, 0.15) is 38.5 Å². The lowest BCUT2D eigenvalue weighted by atomic mass is 9.97. The zero-order chi connectivity index (χ0) is 12.7. The summed E-state index contributed by atoms with van der Waals surface area (Å²) in [6, 6.07) is 0. The van der Waals surface area contributed by atoms with Crippen LogP contribution in [-0.2, 0) is 9.59 Å². The van der Waals surface area contributed by atoms with E-state index in [1.165, 1.54) is 25.7 Å². The Bertz CT molecular complexity index is 348. The molecule has 1 aliphatic heterocycles. The fourth-order valence-corrected chi connectivity index (χ4v) is 3.92. The maximum atomic E-state index is 12.4. The lowest BCUT2D eigenvalue weighted by Crippen LogP contribution is -2.41. The van der Waals surface area contributed by atoms with Crippen molar-refractivity contribution in [2.24, 2.45) is 23.7 Å². The molecule has 0 spiro atoms. The van der Waals surface area contributed by atoms with Crippen LogP contribution in [-0.4, -0.2) is 35.0 Å². The van der Waals surface area contributed by atoms with Crippen LogP contribution >= 0.6 is 0 Å². The lowest BCUT2D eigenvalue weighted by molar-refractivity contribution is -0.146. The molecule has 0 unspecified atom stereocenters. The maximum Gasteiger partial charge on any atom is 0.306 e. The summed E-state index contributed by atoms with van der Waals surface area (Å²) in [4.78, 5) is 25.2. The third-order valence-electron chi connectivity index (χ3n) is 5.10. The lowest BCUT2D eigenvalue weighted by Gasteiger charge is -2.30. The number of carboxylic acid groups (broad SMARTS) is 1. The van der Waals surface area contributed by atoms with Crippen molar-refractivity contribution < 1.29 is 14.7 Å². The molecule has 0 bridgehead atoms. The number of amides is 1. The summed E-state index contributed by atoms with van der Waals surface area (Å²) < 4.78 is 0. The molecule has 1 heterocycles. The molecule has 1 N–H and O–H groups in total. The van der Waals surface area contributed by atoms with Gasteiger partial charge in [-0.15, -0.1) is 0 Å². The Balaban J connectivity index is 1.54. The van der Waals surface area contributed by atoms with Crippen LogP contribution in [0.25, 0.3) is 0 Å². The number of carbonyl (C=O) groups is 2. The Morgan fingerprint density at radius 1 is 0.944 bits per heavy atom. The van der Waals surface area contributed by atoms with Crippen LogP contribution < -0.4 is 0 Å². The Hall–Kier alpha value is -1.06. The van der Waals surface area contributed by atoms with Crippen molar-refractivity contribution in [3.8, 4) is 0 Å². The normalized spacial score (nSPS) is 36.0. The zero-order valence-corrected chi connectivity index (χ0v) is 10.7. The van der Waals surface area contributed by atoms with Gasteiger partial charge in [0.05, 0.1) is 5.92 Å². The predicted octanol–water partition coefficient (Wildman–Crippen LogP) is 1.75. The minimum atomic E-state index is -0.706. The third-order valence-corrected chi connectivity index (χ3v) is 5.10. The average molecular weight is 251 g/mol. The summed E-state index contributed by atoms with van der Waals surface area (Å²) >= 11 is 0. The van der Waals surface area contributed by atoms with Crippen LogP contribution in [0.4, 0.5) is 0 Å².